The van der Waals surface area contributed by atoms with Crippen molar-refractivity contribution in [2.45, 2.75) is 32.1 Å². The maximum Gasteiger partial charge on any atom is 0.309 e. The van der Waals surface area contributed by atoms with Crippen molar-refractivity contribution < 1.29 is 9.90 Å². The third kappa shape index (κ3) is 2.06. The van der Waals surface area contributed by atoms with Crippen LogP contribution in [-0.4, -0.2) is 21.0 Å². The molecule has 0 saturated heterocycles. The van der Waals surface area contributed by atoms with Crippen molar-refractivity contribution in [2.24, 2.45) is 0 Å². The minimum Gasteiger partial charge on any atom is -0.481 e. The Morgan fingerprint density at radius 1 is 1.33 bits per heavy atom. The first-order chi connectivity index (χ1) is 7.16. The number of carboxylic acid groups (broad SMARTS) is 1. The van der Waals surface area contributed by atoms with Crippen molar-refractivity contribution in [3.8, 4) is 0 Å². The summed E-state index contributed by atoms with van der Waals surface area (Å²) in [7, 11) is 0. The number of aryl methyl sites for hydroxylation is 1. The van der Waals surface area contributed by atoms with Crippen LogP contribution in [-0.2, 0) is 24.1 Å². The van der Waals surface area contributed by atoms with Crippen molar-refractivity contribution >= 4 is 11.9 Å². The first kappa shape index (κ1) is 9.89. The Morgan fingerprint density at radius 2 is 2.07 bits per heavy atom. The second-order valence-electron chi connectivity index (χ2n) is 3.73. The van der Waals surface area contributed by atoms with E-state index in [1.165, 1.54) is 0 Å². The van der Waals surface area contributed by atoms with Crippen LogP contribution in [0.1, 0.15) is 29.8 Å². The van der Waals surface area contributed by atoms with Crippen LogP contribution in [0.2, 0.25) is 0 Å². The Bertz CT molecular complexity index is 404. The van der Waals surface area contributed by atoms with Crippen LogP contribution < -0.4 is 5.73 Å². The predicted molar refractivity (Wildman–Crippen MR) is 54.4 cm³/mol. The molecule has 80 valence electrons. The lowest BCUT2D eigenvalue weighted by molar-refractivity contribution is -0.136. The van der Waals surface area contributed by atoms with Gasteiger partial charge in [-0.15, -0.1) is 0 Å². The highest BCUT2D eigenvalue weighted by molar-refractivity contribution is 5.70. The molecule has 0 aliphatic heterocycles. The maximum atomic E-state index is 10.7. The molecule has 0 amide bonds. The van der Waals surface area contributed by atoms with Gasteiger partial charge in [-0.25, -0.2) is 9.97 Å². The van der Waals surface area contributed by atoms with Crippen LogP contribution in [0.25, 0.3) is 0 Å². The number of hydrogen-bond donors (Lipinski definition) is 2. The Kier molecular flexibility index (Phi) is 2.53. The first-order valence-corrected chi connectivity index (χ1v) is 5.03. The molecule has 2 rings (SSSR count). The van der Waals surface area contributed by atoms with Crippen LogP contribution in [0.3, 0.4) is 0 Å². The van der Waals surface area contributed by atoms with Crippen molar-refractivity contribution in [1.82, 2.24) is 9.97 Å². The summed E-state index contributed by atoms with van der Waals surface area (Å²) in [5, 5.41) is 8.76. The largest absolute Gasteiger partial charge is 0.481 e. The number of nitrogen functional groups attached to an aromatic ring is 1. The van der Waals surface area contributed by atoms with Gasteiger partial charge in [0, 0.05) is 5.69 Å². The lowest BCUT2D eigenvalue weighted by Gasteiger charge is -2.17. The highest BCUT2D eigenvalue weighted by Gasteiger charge is 2.18. The van der Waals surface area contributed by atoms with Crippen LogP contribution in [0, 0.1) is 0 Å². The third-order valence-corrected chi connectivity index (χ3v) is 2.60. The second-order valence-corrected chi connectivity index (χ2v) is 3.73. The van der Waals surface area contributed by atoms with E-state index < -0.39 is 5.97 Å². The van der Waals surface area contributed by atoms with Crippen LogP contribution >= 0.6 is 0 Å². The molecule has 0 radical (unpaired) electrons. The summed E-state index contributed by atoms with van der Waals surface area (Å²) in [6.45, 7) is 0. The number of carbonyl (C=O) groups is 1. The smallest absolute Gasteiger partial charge is 0.309 e. The molecule has 1 aromatic heterocycles. The van der Waals surface area contributed by atoms with Crippen molar-refractivity contribution in [1.29, 1.82) is 0 Å². The zero-order valence-corrected chi connectivity index (χ0v) is 8.36. The molecule has 5 nitrogen and oxygen atoms in total. The third-order valence-electron chi connectivity index (χ3n) is 2.60. The fourth-order valence-corrected chi connectivity index (χ4v) is 1.98. The molecular formula is C10H13N3O2. The number of nitrogens with zero attached hydrogens (tertiary/aromatic N) is 2. The van der Waals surface area contributed by atoms with Gasteiger partial charge in [0.25, 0.3) is 0 Å². The molecule has 15 heavy (non-hydrogen) atoms. The fourth-order valence-electron chi connectivity index (χ4n) is 1.98. The zero-order valence-electron chi connectivity index (χ0n) is 8.36. The molecule has 0 aromatic carbocycles. The molecule has 1 aromatic rings. The molecule has 1 heterocycles. The number of hydrogen-bond acceptors (Lipinski definition) is 4. The van der Waals surface area contributed by atoms with E-state index in [0.29, 0.717) is 5.69 Å². The van der Waals surface area contributed by atoms with E-state index in [1.807, 2.05) is 0 Å². The van der Waals surface area contributed by atoms with E-state index in [4.69, 9.17) is 10.8 Å². The summed E-state index contributed by atoms with van der Waals surface area (Å²) >= 11 is 0. The van der Waals surface area contributed by atoms with Crippen molar-refractivity contribution in [3.63, 3.8) is 0 Å². The van der Waals surface area contributed by atoms with Gasteiger partial charge in [0.05, 0.1) is 12.1 Å². The summed E-state index contributed by atoms with van der Waals surface area (Å²) in [6, 6.07) is 0. The fraction of sp³-hybridized carbons (Fsp3) is 0.500. The van der Waals surface area contributed by atoms with Gasteiger partial charge in [0.2, 0.25) is 5.95 Å². The lowest BCUT2D eigenvalue weighted by Crippen LogP contribution is -2.15. The zero-order chi connectivity index (χ0) is 10.8. The molecule has 0 saturated carbocycles. The highest BCUT2D eigenvalue weighted by Crippen LogP contribution is 2.22. The maximum absolute atomic E-state index is 10.7. The molecular weight excluding hydrogens is 194 g/mol. The van der Waals surface area contributed by atoms with Crippen molar-refractivity contribution in [2.75, 3.05) is 5.73 Å². The van der Waals surface area contributed by atoms with Gasteiger partial charge in [-0.3, -0.25) is 4.79 Å². The van der Waals surface area contributed by atoms with Gasteiger partial charge in [-0.2, -0.15) is 0 Å². The highest BCUT2D eigenvalue weighted by atomic mass is 16.4. The predicted octanol–water partition coefficient (Wildman–Crippen LogP) is 0.565. The van der Waals surface area contributed by atoms with E-state index >= 15 is 0 Å². The Balaban J connectivity index is 2.43. The Hall–Kier alpha value is -1.65. The monoisotopic (exact) mass is 207 g/mol. The van der Waals surface area contributed by atoms with Crippen LogP contribution in [0.4, 0.5) is 5.95 Å². The van der Waals surface area contributed by atoms with Crippen LogP contribution in [0.5, 0.6) is 0 Å². The quantitative estimate of drug-likeness (QED) is 0.739. The van der Waals surface area contributed by atoms with Crippen molar-refractivity contribution in [3.05, 3.63) is 17.0 Å². The second kappa shape index (κ2) is 3.84. The summed E-state index contributed by atoms with van der Waals surface area (Å²) < 4.78 is 0. The summed E-state index contributed by atoms with van der Waals surface area (Å²) in [5.41, 5.74) is 8.06. The topological polar surface area (TPSA) is 89.1 Å². The molecule has 1 aliphatic carbocycles. The minimum atomic E-state index is -0.874. The SMILES string of the molecule is Nc1nc2c(c(CC(=O)O)n1)CCCC2. The molecule has 0 spiro atoms. The average molecular weight is 207 g/mol. The summed E-state index contributed by atoms with van der Waals surface area (Å²) in [6.07, 6.45) is 3.87. The summed E-state index contributed by atoms with van der Waals surface area (Å²) in [5.74, 6) is -0.687. The first-order valence-electron chi connectivity index (χ1n) is 5.03. The standard InChI is InChI=1S/C10H13N3O2/c11-10-12-7-4-2-1-3-6(7)8(13-10)5-9(14)15/h1-5H2,(H,14,15)(H2,11,12,13). The van der Waals surface area contributed by atoms with Gasteiger partial charge in [-0.1, -0.05) is 0 Å². The number of aliphatic carboxylic acids is 1. The number of anilines is 1. The number of rotatable bonds is 2. The number of carboxylic acids is 1. The van der Waals surface area contributed by atoms with Gasteiger partial charge in [-0.05, 0) is 31.2 Å². The molecule has 0 atom stereocenters. The lowest BCUT2D eigenvalue weighted by atomic mass is 9.94. The van der Waals surface area contributed by atoms with E-state index in [2.05, 4.69) is 9.97 Å². The van der Waals surface area contributed by atoms with Gasteiger partial charge < -0.3 is 10.8 Å². The van der Waals surface area contributed by atoms with E-state index in [1.54, 1.807) is 0 Å². The number of aromatic nitrogens is 2. The van der Waals surface area contributed by atoms with Gasteiger partial charge >= 0.3 is 5.97 Å². The Morgan fingerprint density at radius 3 is 2.80 bits per heavy atom. The summed E-state index contributed by atoms with van der Waals surface area (Å²) in [4.78, 5) is 18.8. The van der Waals surface area contributed by atoms with Gasteiger partial charge in [0.1, 0.15) is 0 Å². The molecule has 0 bridgehead atoms. The van der Waals surface area contributed by atoms with Gasteiger partial charge in [0.15, 0.2) is 0 Å². The number of fused-ring (bicyclic) bond motifs is 1. The molecule has 0 unspecified atom stereocenters. The number of nitrogens with two attached hydrogens (primary N) is 1. The Labute approximate surface area is 87.4 Å². The minimum absolute atomic E-state index is 0.0605. The van der Waals surface area contributed by atoms with E-state index in [-0.39, 0.29) is 12.4 Å². The van der Waals surface area contributed by atoms with E-state index in [0.717, 1.165) is 36.9 Å². The van der Waals surface area contributed by atoms with E-state index in [9.17, 15) is 4.79 Å². The molecule has 1 aliphatic rings. The van der Waals surface area contributed by atoms with Crippen LogP contribution in [0.15, 0.2) is 0 Å². The molecule has 5 heteroatoms. The average Bonchev–Trinajstić information content (AvgIpc) is 2.16. The normalized spacial score (nSPS) is 14.7. The molecule has 3 N–H and O–H groups in total. The molecule has 0 fully saturated rings.